The zero-order chi connectivity index (χ0) is 51.2. The summed E-state index contributed by atoms with van der Waals surface area (Å²) in [5.74, 6) is 0.731. The molecule has 4 heterocycles. The molecule has 0 fully saturated rings. The molecule has 2 aliphatic heterocycles. The van der Waals surface area contributed by atoms with Crippen LogP contribution in [0.15, 0.2) is 204 Å². The molecule has 2 aromatic heterocycles. The van der Waals surface area contributed by atoms with Crippen molar-refractivity contribution >= 4 is 51.7 Å². The average molecular weight is 1030 g/mol. The van der Waals surface area contributed by atoms with E-state index in [0.717, 1.165) is 49.2 Å². The van der Waals surface area contributed by atoms with Crippen molar-refractivity contribution in [3.05, 3.63) is 219 Å². The summed E-state index contributed by atoms with van der Waals surface area (Å²) < 4.78 is 88.9. The number of para-hydroxylation sites is 3. The number of hydrogen-bond donors (Lipinski definition) is 0. The van der Waals surface area contributed by atoms with Crippen LogP contribution < -0.4 is 14.7 Å². The Balaban J connectivity index is 0.00000626. The van der Waals surface area contributed by atoms with E-state index in [9.17, 15) is 5.48 Å². The average Bonchev–Trinajstić information content (AvgIpc) is 3.73. The van der Waals surface area contributed by atoms with Gasteiger partial charge in [0.1, 0.15) is 5.82 Å². The van der Waals surface area contributed by atoms with Crippen molar-refractivity contribution in [3.63, 3.8) is 0 Å². The molecule has 0 aliphatic carbocycles. The Morgan fingerprint density at radius 1 is 0.578 bits per heavy atom. The van der Waals surface area contributed by atoms with E-state index in [1.807, 2.05) is 117 Å². The quantitative estimate of drug-likeness (QED) is 0.148. The van der Waals surface area contributed by atoms with Gasteiger partial charge >= 0.3 is 0 Å². The molecule has 64 heavy (non-hydrogen) atoms. The second-order valence-corrected chi connectivity index (χ2v) is 17.1. The minimum absolute atomic E-state index is 0. The summed E-state index contributed by atoms with van der Waals surface area (Å²) >= 11 is 1.48. The van der Waals surface area contributed by atoms with Crippen LogP contribution in [0.4, 0.5) is 39.9 Å². The van der Waals surface area contributed by atoms with Crippen LogP contribution in [0.25, 0.3) is 44.5 Å². The van der Waals surface area contributed by atoms with E-state index in [0.29, 0.717) is 22.6 Å². The zero-order valence-corrected chi connectivity index (χ0v) is 37.8. The first-order valence-electron chi connectivity index (χ1n) is 25.4. The Morgan fingerprint density at radius 3 is 1.92 bits per heavy atom. The molecular weight excluding hydrogens is 982 g/mol. The standard InChI is InChI=1S/C57H42N5S.Pt/c1-57(2,3)41-33-48(39-17-6-4-7-18-39)56(49(34-41)40-19-8-5-9-20-40)61-38-60(52-25-12-13-26-53(52)61)42-21-16-22-43(35-42)63-44-28-29-47-50-37-58-32-30-45(50)46-23-10-11-24-51(46)62(54(47)36-44)55-27-14-15-31-59-55;/h4-34,37-38H,1-3H3;/q-3;/i4D,5D,6D,7D,8D,9D,17D,18D,19D,20D;. The van der Waals surface area contributed by atoms with E-state index in [-0.39, 0.29) is 49.0 Å². The van der Waals surface area contributed by atoms with Gasteiger partial charge in [0, 0.05) is 73.4 Å². The van der Waals surface area contributed by atoms with Crippen LogP contribution >= 0.6 is 11.8 Å². The summed E-state index contributed by atoms with van der Waals surface area (Å²) in [6, 6.07) is 39.5. The Hall–Kier alpha value is -6.72. The van der Waals surface area contributed by atoms with Gasteiger partial charge in [0.05, 0.1) is 19.4 Å². The topological polar surface area (TPSA) is 35.5 Å². The molecule has 0 bridgehead atoms. The third kappa shape index (κ3) is 7.51. The van der Waals surface area contributed by atoms with E-state index in [2.05, 4.69) is 40.2 Å². The molecule has 0 radical (unpaired) electrons. The SMILES string of the molecule is [2H]c1c([2H])c([2H])c(-c2cc(C(C)(C)C)cc(-c3c([2H])c([2H])c([2H])c([2H])c3[2H])c2N2[CH-]N(c3[c-]c(Sc4[c-]c5c(cc4)-c4cnccc4-c4ccccc4N5c4ccccn4)ccc3)c3ccccc32)c([2H])c1[2H].[Pt]. The number of fused-ring (bicyclic) bond motifs is 6. The molecule has 0 amide bonds. The van der Waals surface area contributed by atoms with Gasteiger partial charge in [-0.3, -0.25) is 4.98 Å². The molecule has 7 aromatic carbocycles. The van der Waals surface area contributed by atoms with Crippen molar-refractivity contribution < 1.29 is 34.8 Å². The van der Waals surface area contributed by atoms with Crippen molar-refractivity contribution in [3.8, 4) is 44.5 Å². The molecule has 0 atom stereocenters. The predicted octanol–water partition coefficient (Wildman–Crippen LogP) is 15.4. The largest absolute Gasteiger partial charge is 0.493 e. The summed E-state index contributed by atoms with van der Waals surface area (Å²) in [4.78, 5) is 16.8. The van der Waals surface area contributed by atoms with E-state index < -0.39 is 65.8 Å². The maximum atomic E-state index is 9.25. The van der Waals surface area contributed by atoms with Crippen molar-refractivity contribution in [2.24, 2.45) is 0 Å². The summed E-state index contributed by atoms with van der Waals surface area (Å²) in [6.07, 6.45) is 5.47. The number of rotatable bonds is 7. The van der Waals surface area contributed by atoms with Crippen LogP contribution in [0.2, 0.25) is 0 Å². The van der Waals surface area contributed by atoms with Gasteiger partial charge in [-0.15, -0.1) is 57.7 Å². The molecule has 5 nitrogen and oxygen atoms in total. The second kappa shape index (κ2) is 17.1. The number of anilines is 7. The van der Waals surface area contributed by atoms with E-state index in [1.54, 1.807) is 36.1 Å². The van der Waals surface area contributed by atoms with Crippen LogP contribution in [0.1, 0.15) is 40.0 Å². The summed E-state index contributed by atoms with van der Waals surface area (Å²) in [5.41, 5.74) is 8.20. The van der Waals surface area contributed by atoms with Gasteiger partial charge in [0.15, 0.2) is 0 Å². The molecule has 0 N–H and O–H groups in total. The predicted molar refractivity (Wildman–Crippen MR) is 260 cm³/mol. The molecular formula is C57H42N5PtS-3. The van der Waals surface area contributed by atoms with Crippen LogP contribution in [-0.4, -0.2) is 9.97 Å². The molecule has 314 valence electrons. The van der Waals surface area contributed by atoms with Gasteiger partial charge in [-0.05, 0) is 81.8 Å². The van der Waals surface area contributed by atoms with Gasteiger partial charge in [0.25, 0.3) is 0 Å². The number of benzene rings is 7. The van der Waals surface area contributed by atoms with Crippen LogP contribution in [0, 0.1) is 18.8 Å². The second-order valence-electron chi connectivity index (χ2n) is 16.1. The van der Waals surface area contributed by atoms with Gasteiger partial charge in [0.2, 0.25) is 0 Å². The fraction of sp³-hybridized carbons (Fsp3) is 0.0702. The van der Waals surface area contributed by atoms with Crippen LogP contribution in [-0.2, 0) is 26.5 Å². The minimum Gasteiger partial charge on any atom is -0.493 e. The number of aromatic nitrogens is 2. The fourth-order valence-corrected chi connectivity index (χ4v) is 9.04. The van der Waals surface area contributed by atoms with E-state index in [1.165, 1.54) is 11.8 Å². The van der Waals surface area contributed by atoms with Crippen LogP contribution in [0.3, 0.4) is 0 Å². The normalized spacial score (nSPS) is 14.9. The van der Waals surface area contributed by atoms with Crippen molar-refractivity contribution in [2.75, 3.05) is 14.7 Å². The number of hydrogen-bond acceptors (Lipinski definition) is 6. The van der Waals surface area contributed by atoms with Gasteiger partial charge in [-0.1, -0.05) is 123 Å². The first kappa shape index (κ1) is 31.2. The molecule has 0 saturated heterocycles. The molecule has 2 aliphatic rings. The Labute approximate surface area is 408 Å². The maximum absolute atomic E-state index is 9.25. The van der Waals surface area contributed by atoms with E-state index in [4.69, 9.17) is 13.2 Å². The third-order valence-electron chi connectivity index (χ3n) is 11.2. The summed E-state index contributed by atoms with van der Waals surface area (Å²) in [6.45, 7) is 7.66. The van der Waals surface area contributed by atoms with Crippen molar-refractivity contribution in [1.29, 1.82) is 0 Å². The number of pyridine rings is 2. The smallest absolute Gasteiger partial charge is 0.135 e. The molecule has 0 saturated carbocycles. The van der Waals surface area contributed by atoms with Gasteiger partial charge in [-0.25, -0.2) is 4.98 Å². The summed E-state index contributed by atoms with van der Waals surface area (Å²) in [5, 5.41) is 0. The van der Waals surface area contributed by atoms with Crippen molar-refractivity contribution in [2.45, 2.75) is 36.0 Å². The van der Waals surface area contributed by atoms with Gasteiger partial charge < -0.3 is 14.7 Å². The Bertz CT molecular complexity index is 3590. The van der Waals surface area contributed by atoms with Crippen molar-refractivity contribution in [1.82, 2.24) is 9.97 Å². The Kier molecular flexibility index (Phi) is 8.33. The molecule has 7 heteroatoms. The van der Waals surface area contributed by atoms with Crippen LogP contribution in [0.5, 0.6) is 0 Å². The Morgan fingerprint density at radius 2 is 1.23 bits per heavy atom. The minimum atomic E-state index is -0.619. The first-order chi connectivity index (χ1) is 35.0. The molecule has 9 aromatic rings. The zero-order valence-electron chi connectivity index (χ0n) is 44.7. The molecule has 0 spiro atoms. The van der Waals surface area contributed by atoms with Gasteiger partial charge in [-0.2, -0.15) is 24.3 Å². The maximum Gasteiger partial charge on any atom is 0.135 e. The first-order valence-corrected chi connectivity index (χ1v) is 21.2. The molecule has 0 unspecified atom stereocenters. The third-order valence-corrected chi connectivity index (χ3v) is 12.1. The summed E-state index contributed by atoms with van der Waals surface area (Å²) in [7, 11) is 0. The fourth-order valence-electron chi connectivity index (χ4n) is 8.22. The van der Waals surface area contributed by atoms with E-state index >= 15 is 0 Å². The number of nitrogens with zero attached hydrogens (tertiary/aromatic N) is 5. The molecule has 11 rings (SSSR count). The monoisotopic (exact) mass is 1030 g/mol.